The molecule has 3 aromatic rings. The first-order chi connectivity index (χ1) is 13.8. The maximum absolute atomic E-state index is 6.03. The van der Waals surface area contributed by atoms with Crippen LogP contribution < -0.4 is 10.6 Å². The van der Waals surface area contributed by atoms with E-state index in [9.17, 15) is 0 Å². The zero-order valence-corrected chi connectivity index (χ0v) is 18.9. The summed E-state index contributed by atoms with van der Waals surface area (Å²) in [7, 11) is 0. The Kier molecular flexibility index (Phi) is 6.92. The van der Waals surface area contributed by atoms with Gasteiger partial charge in [-0.25, -0.2) is 0 Å². The number of thiocarbonyl (C=S) groups is 1. The zero-order chi connectivity index (χ0) is 21.0. The van der Waals surface area contributed by atoms with Gasteiger partial charge in [-0.1, -0.05) is 41.4 Å². The maximum atomic E-state index is 6.03. The minimum atomic E-state index is 0.598. The van der Waals surface area contributed by atoms with Crippen LogP contribution in [0.5, 0.6) is 0 Å². The largest absolute Gasteiger partial charge is 0.362 e. The monoisotopic (exact) mass is 430 g/mol. The summed E-state index contributed by atoms with van der Waals surface area (Å²) in [5.74, 6) is 0. The highest BCUT2D eigenvalue weighted by Crippen LogP contribution is 2.20. The predicted molar refractivity (Wildman–Crippen MR) is 123 cm³/mol. The Morgan fingerprint density at radius 1 is 1.07 bits per heavy atom. The highest BCUT2D eigenvalue weighted by atomic mass is 35.5. The molecule has 6 nitrogen and oxygen atoms in total. The molecule has 1 aromatic carbocycles. The topological polar surface area (TPSA) is 59.7 Å². The lowest BCUT2D eigenvalue weighted by molar-refractivity contribution is 0.570. The van der Waals surface area contributed by atoms with Crippen LogP contribution in [0.15, 0.2) is 30.5 Å². The molecule has 0 saturated heterocycles. The number of nitrogens with zero attached hydrogens (tertiary/aromatic N) is 4. The van der Waals surface area contributed by atoms with Crippen molar-refractivity contribution in [2.75, 3.05) is 11.9 Å². The van der Waals surface area contributed by atoms with E-state index in [2.05, 4.69) is 58.9 Å². The normalized spacial score (nSPS) is 10.9. The molecule has 3 rings (SSSR count). The van der Waals surface area contributed by atoms with Crippen molar-refractivity contribution >= 4 is 34.6 Å². The first-order valence-electron chi connectivity index (χ1n) is 9.67. The standard InChI is InChI=1S/C21H27ClN6S/c1-14-6-8-18(9-7-14)12-28-17(4)20(16(3)26-28)24-21(29)23-10-5-11-27-13-19(22)15(2)25-27/h6-9,13H,5,10-12H2,1-4H3,(H2,23,24,29). The molecule has 2 aromatic heterocycles. The van der Waals surface area contributed by atoms with Gasteiger partial charge in [-0.2, -0.15) is 10.2 Å². The first kappa shape index (κ1) is 21.3. The van der Waals surface area contributed by atoms with Crippen LogP contribution in [-0.2, 0) is 13.1 Å². The fraction of sp³-hybridized carbons (Fsp3) is 0.381. The number of anilines is 1. The molecule has 0 radical (unpaired) electrons. The molecule has 2 heterocycles. The highest BCUT2D eigenvalue weighted by Gasteiger charge is 2.13. The lowest BCUT2D eigenvalue weighted by atomic mass is 10.1. The molecule has 0 spiro atoms. The number of rotatable bonds is 7. The Morgan fingerprint density at radius 3 is 2.45 bits per heavy atom. The Balaban J connectivity index is 1.52. The van der Waals surface area contributed by atoms with Gasteiger partial charge in [0.15, 0.2) is 5.11 Å². The van der Waals surface area contributed by atoms with Crippen molar-refractivity contribution in [1.29, 1.82) is 0 Å². The summed E-state index contributed by atoms with van der Waals surface area (Å²) in [6, 6.07) is 8.52. The van der Waals surface area contributed by atoms with Gasteiger partial charge in [0.05, 0.1) is 34.3 Å². The van der Waals surface area contributed by atoms with Crippen molar-refractivity contribution in [3.05, 3.63) is 63.7 Å². The fourth-order valence-electron chi connectivity index (χ4n) is 3.11. The molecule has 0 aliphatic carbocycles. The van der Waals surface area contributed by atoms with E-state index in [1.165, 1.54) is 11.1 Å². The van der Waals surface area contributed by atoms with Crippen molar-refractivity contribution < 1.29 is 0 Å². The third-order valence-electron chi connectivity index (χ3n) is 4.81. The molecule has 8 heteroatoms. The second kappa shape index (κ2) is 9.41. The SMILES string of the molecule is Cc1ccc(Cn2nc(C)c(NC(=S)NCCCn3cc(Cl)c(C)n3)c2C)cc1. The predicted octanol–water partition coefficient (Wildman–Crippen LogP) is 4.39. The van der Waals surface area contributed by atoms with Crippen molar-refractivity contribution in [3.63, 3.8) is 0 Å². The number of hydrogen-bond acceptors (Lipinski definition) is 3. The summed E-state index contributed by atoms with van der Waals surface area (Å²) in [6.07, 6.45) is 2.74. The van der Waals surface area contributed by atoms with Gasteiger partial charge in [-0.15, -0.1) is 0 Å². The van der Waals surface area contributed by atoms with Crippen LogP contribution in [0.2, 0.25) is 5.02 Å². The molecule has 154 valence electrons. The van der Waals surface area contributed by atoms with Gasteiger partial charge in [0.25, 0.3) is 0 Å². The van der Waals surface area contributed by atoms with Gasteiger partial charge in [-0.05, 0) is 51.9 Å². The molecule has 0 bridgehead atoms. The average Bonchev–Trinajstić information content (AvgIpc) is 3.13. The van der Waals surface area contributed by atoms with Gasteiger partial charge in [0, 0.05) is 19.3 Å². The number of halogens is 1. The quantitative estimate of drug-likeness (QED) is 0.430. The van der Waals surface area contributed by atoms with Gasteiger partial charge < -0.3 is 10.6 Å². The van der Waals surface area contributed by atoms with Crippen molar-refractivity contribution in [3.8, 4) is 0 Å². The smallest absolute Gasteiger partial charge is 0.170 e. The molecule has 0 fully saturated rings. The van der Waals surface area contributed by atoms with E-state index in [0.29, 0.717) is 10.1 Å². The molecule has 29 heavy (non-hydrogen) atoms. The molecule has 0 amide bonds. The number of hydrogen-bond donors (Lipinski definition) is 2. The zero-order valence-electron chi connectivity index (χ0n) is 17.3. The van der Waals surface area contributed by atoms with Crippen LogP contribution in [0, 0.1) is 27.7 Å². The Hall–Kier alpha value is -2.38. The highest BCUT2D eigenvalue weighted by molar-refractivity contribution is 7.80. The molecule has 0 aliphatic heterocycles. The Morgan fingerprint density at radius 2 is 1.79 bits per heavy atom. The van der Waals surface area contributed by atoms with Gasteiger partial charge in [0.2, 0.25) is 0 Å². The van der Waals surface area contributed by atoms with E-state index >= 15 is 0 Å². The van der Waals surface area contributed by atoms with Crippen molar-refractivity contribution in [2.45, 2.75) is 47.2 Å². The third kappa shape index (κ3) is 5.58. The van der Waals surface area contributed by atoms with Crippen LogP contribution >= 0.6 is 23.8 Å². The molecule has 0 saturated carbocycles. The van der Waals surface area contributed by atoms with E-state index in [4.69, 9.17) is 23.8 Å². The average molecular weight is 431 g/mol. The van der Waals surface area contributed by atoms with E-state index in [-0.39, 0.29) is 0 Å². The molecule has 0 unspecified atom stereocenters. The van der Waals surface area contributed by atoms with E-state index in [1.54, 1.807) is 0 Å². The summed E-state index contributed by atoms with van der Waals surface area (Å²) >= 11 is 11.5. The summed E-state index contributed by atoms with van der Waals surface area (Å²) in [5, 5.41) is 16.9. The van der Waals surface area contributed by atoms with Crippen molar-refractivity contribution in [2.24, 2.45) is 0 Å². The van der Waals surface area contributed by atoms with Crippen LogP contribution in [0.1, 0.15) is 34.6 Å². The lowest BCUT2D eigenvalue weighted by Gasteiger charge is -2.11. The number of nitrogens with one attached hydrogen (secondary N) is 2. The molecule has 0 aliphatic rings. The lowest BCUT2D eigenvalue weighted by Crippen LogP contribution is -2.30. The van der Waals surface area contributed by atoms with Crippen LogP contribution in [0.3, 0.4) is 0 Å². The molecular formula is C21H27ClN6S. The summed E-state index contributed by atoms with van der Waals surface area (Å²) < 4.78 is 3.87. The van der Waals surface area contributed by atoms with Gasteiger partial charge in [-0.3, -0.25) is 9.36 Å². The molecule has 0 atom stereocenters. The van der Waals surface area contributed by atoms with Gasteiger partial charge >= 0.3 is 0 Å². The van der Waals surface area contributed by atoms with Crippen LogP contribution in [0.25, 0.3) is 0 Å². The maximum Gasteiger partial charge on any atom is 0.170 e. The first-order valence-corrected chi connectivity index (χ1v) is 10.5. The summed E-state index contributed by atoms with van der Waals surface area (Å²) in [5.41, 5.74) is 6.29. The molecular weight excluding hydrogens is 404 g/mol. The number of benzene rings is 1. The molecule has 2 N–H and O–H groups in total. The Labute approximate surface area is 182 Å². The van der Waals surface area contributed by atoms with Crippen LogP contribution in [-0.4, -0.2) is 31.2 Å². The minimum absolute atomic E-state index is 0.598. The minimum Gasteiger partial charge on any atom is -0.362 e. The second-order valence-corrected chi connectivity index (χ2v) is 8.06. The van der Waals surface area contributed by atoms with E-state index in [0.717, 1.165) is 48.8 Å². The van der Waals surface area contributed by atoms with Crippen molar-refractivity contribution in [1.82, 2.24) is 24.9 Å². The van der Waals surface area contributed by atoms with Crippen LogP contribution in [0.4, 0.5) is 5.69 Å². The third-order valence-corrected chi connectivity index (χ3v) is 5.43. The second-order valence-electron chi connectivity index (χ2n) is 7.25. The van der Waals surface area contributed by atoms with E-state index < -0.39 is 0 Å². The summed E-state index contributed by atoms with van der Waals surface area (Å²) in [6.45, 7) is 10.3. The number of aromatic nitrogens is 4. The van der Waals surface area contributed by atoms with Gasteiger partial charge in [0.1, 0.15) is 0 Å². The number of aryl methyl sites for hydroxylation is 4. The van der Waals surface area contributed by atoms with E-state index in [1.807, 2.05) is 29.4 Å². The fourth-order valence-corrected chi connectivity index (χ4v) is 3.46. The summed E-state index contributed by atoms with van der Waals surface area (Å²) in [4.78, 5) is 0. The Bertz CT molecular complexity index is 970.